The second kappa shape index (κ2) is 20.7. The van der Waals surface area contributed by atoms with Crippen LogP contribution in [0, 0.1) is 0 Å². The predicted octanol–water partition coefficient (Wildman–Crippen LogP) is -1.15. The van der Waals surface area contributed by atoms with Gasteiger partial charge in [0.2, 0.25) is 12.0 Å². The maximum Gasteiger partial charge on any atom is 0.330 e. The number of esters is 2. The number of aliphatic carboxylic acids is 1. The first kappa shape index (κ1) is 45.8. The number of carbonyl (C=O) groups excluding carboxylic acids is 2. The molecule has 11 atom stereocenters. The van der Waals surface area contributed by atoms with Crippen LogP contribution < -0.4 is 14.2 Å². The first-order valence-corrected chi connectivity index (χ1v) is 17.8. The molecular weight excluding hydrogens is 776 g/mol. The minimum Gasteiger partial charge on any atom is -0.508 e. The Labute approximate surface area is 331 Å². The van der Waals surface area contributed by atoms with Gasteiger partial charge in [0.05, 0.1) is 39.3 Å². The van der Waals surface area contributed by atoms with E-state index < -0.39 is 111 Å². The fraction of sp³-hybridized carbons (Fsp3) is 0.500. The molecule has 2 aliphatic heterocycles. The number of benzene rings is 2. The molecule has 0 amide bonds. The molecule has 4 rings (SSSR count). The minimum absolute atomic E-state index is 0.0294. The first-order valence-electron chi connectivity index (χ1n) is 17.8. The number of rotatable bonds is 18. The highest BCUT2D eigenvalue weighted by Crippen LogP contribution is 2.41. The second-order valence-electron chi connectivity index (χ2n) is 13.5. The number of carbonyl (C=O) groups is 3. The fourth-order valence-electron chi connectivity index (χ4n) is 5.93. The topological polar surface area (TPSA) is 307 Å². The van der Waals surface area contributed by atoms with Gasteiger partial charge in [-0.1, -0.05) is 18.2 Å². The van der Waals surface area contributed by atoms with Crippen LogP contribution in [-0.2, 0) is 38.1 Å². The molecule has 2 fully saturated rings. The van der Waals surface area contributed by atoms with E-state index in [0.717, 1.165) is 6.08 Å². The van der Waals surface area contributed by atoms with Crippen LogP contribution in [0.4, 0.5) is 0 Å². The van der Waals surface area contributed by atoms with E-state index in [4.69, 9.17) is 37.9 Å². The van der Waals surface area contributed by atoms with Gasteiger partial charge in [0.1, 0.15) is 67.8 Å². The first-order chi connectivity index (χ1) is 27.5. The molecule has 2 aromatic rings. The van der Waals surface area contributed by atoms with E-state index in [1.807, 2.05) is 0 Å². The lowest BCUT2D eigenvalue weighted by atomic mass is 9.95. The molecule has 0 saturated carbocycles. The van der Waals surface area contributed by atoms with E-state index in [1.54, 1.807) is 12.1 Å². The molecule has 2 aromatic carbocycles. The predicted molar refractivity (Wildman–Crippen MR) is 195 cm³/mol. The summed E-state index contributed by atoms with van der Waals surface area (Å²) in [5.41, 5.74) is -0.867. The average molecular weight is 825 g/mol. The van der Waals surface area contributed by atoms with Crippen molar-refractivity contribution in [2.45, 2.75) is 86.8 Å². The number of hydrogen-bond acceptors (Lipinski definition) is 19. The van der Waals surface area contributed by atoms with E-state index in [-0.39, 0.29) is 29.6 Å². The van der Waals surface area contributed by atoms with E-state index in [0.29, 0.717) is 11.1 Å². The Morgan fingerprint density at radius 3 is 1.93 bits per heavy atom. The molecule has 9 N–H and O–H groups in total. The number of carboxylic acid groups (broad SMARTS) is 1. The minimum atomic E-state index is -1.91. The fourth-order valence-corrected chi connectivity index (χ4v) is 5.93. The summed E-state index contributed by atoms with van der Waals surface area (Å²) in [6, 6.07) is 8.88. The summed E-state index contributed by atoms with van der Waals surface area (Å²) in [6.45, 7) is -0.366. The second-order valence-corrected chi connectivity index (χ2v) is 13.5. The summed E-state index contributed by atoms with van der Waals surface area (Å²) in [5.74, 6) is -3.02. The van der Waals surface area contributed by atoms with Crippen molar-refractivity contribution in [2.24, 2.45) is 0 Å². The van der Waals surface area contributed by atoms with Crippen molar-refractivity contribution in [3.05, 3.63) is 59.7 Å². The maximum atomic E-state index is 12.9. The van der Waals surface area contributed by atoms with Crippen LogP contribution in [0.1, 0.15) is 30.9 Å². The van der Waals surface area contributed by atoms with Crippen molar-refractivity contribution in [3.63, 3.8) is 0 Å². The average Bonchev–Trinajstić information content (AvgIpc) is 3.18. The van der Waals surface area contributed by atoms with E-state index in [9.17, 15) is 60.3 Å². The van der Waals surface area contributed by atoms with Crippen LogP contribution in [0.5, 0.6) is 23.0 Å². The van der Waals surface area contributed by atoms with E-state index in [2.05, 4.69) is 0 Å². The summed E-state index contributed by atoms with van der Waals surface area (Å²) < 4.78 is 43.7. The molecule has 2 heterocycles. The number of aromatic hydroxyl groups is 1. The molecule has 2 saturated heterocycles. The third-order valence-electron chi connectivity index (χ3n) is 9.02. The number of aliphatic hydroxyl groups is 7. The van der Waals surface area contributed by atoms with Crippen molar-refractivity contribution < 1.29 is 98.2 Å². The number of phenolic OH excluding ortho intramolecular Hbond substituents is 1. The molecule has 20 heteroatoms. The monoisotopic (exact) mass is 824 g/mol. The van der Waals surface area contributed by atoms with Crippen molar-refractivity contribution in [1.82, 2.24) is 0 Å². The molecule has 58 heavy (non-hydrogen) atoms. The van der Waals surface area contributed by atoms with Crippen LogP contribution in [0.3, 0.4) is 0 Å². The van der Waals surface area contributed by atoms with Gasteiger partial charge in [-0.3, -0.25) is 9.59 Å². The van der Waals surface area contributed by atoms with Crippen LogP contribution in [0.25, 0.3) is 12.2 Å². The molecule has 0 spiro atoms. The Morgan fingerprint density at radius 2 is 1.34 bits per heavy atom. The van der Waals surface area contributed by atoms with Gasteiger partial charge in [-0.2, -0.15) is 0 Å². The zero-order chi connectivity index (χ0) is 42.7. The molecule has 0 radical (unpaired) electrons. The zero-order valence-corrected chi connectivity index (χ0v) is 31.6. The smallest absolute Gasteiger partial charge is 0.330 e. The van der Waals surface area contributed by atoms with E-state index in [1.165, 1.54) is 63.6 Å². The van der Waals surface area contributed by atoms with Gasteiger partial charge in [0.25, 0.3) is 0 Å². The highest BCUT2D eigenvalue weighted by Gasteiger charge is 2.48. The largest absolute Gasteiger partial charge is 0.508 e. The van der Waals surface area contributed by atoms with Crippen molar-refractivity contribution in [1.29, 1.82) is 0 Å². The van der Waals surface area contributed by atoms with Crippen molar-refractivity contribution in [2.75, 3.05) is 34.0 Å². The van der Waals surface area contributed by atoms with Gasteiger partial charge in [-0.25, -0.2) is 4.79 Å². The van der Waals surface area contributed by atoms with Gasteiger partial charge >= 0.3 is 17.9 Å². The number of phenols is 1. The molecule has 1 unspecified atom stereocenters. The number of methoxy groups -OCH3 is 2. The van der Waals surface area contributed by atoms with Gasteiger partial charge in [-0.15, -0.1) is 0 Å². The van der Waals surface area contributed by atoms with E-state index >= 15 is 0 Å². The number of carboxylic acids is 1. The lowest BCUT2D eigenvalue weighted by Crippen LogP contribution is -2.61. The van der Waals surface area contributed by atoms with Gasteiger partial charge in [0.15, 0.2) is 17.8 Å². The molecule has 0 aliphatic carbocycles. The molecule has 0 aromatic heterocycles. The highest BCUT2D eigenvalue weighted by atomic mass is 16.7. The molecular formula is C38H48O20. The SMILES string of the molecule is COc1cc(/C=C/COC(=O)CC(C)(CC(=O)O)O[C@@H]2O[C@H](COC(=O)/C=C\c3ccc(O)cc3)[C@@H](O)[C@H](O)[C@H]2O)cc(OC)c1O[C@@H]1O[C@H](CO)[C@@H](O)[C@H](O)[C@H]1O. The lowest BCUT2D eigenvalue weighted by Gasteiger charge is -2.43. The Bertz CT molecular complexity index is 1720. The molecule has 2 aliphatic rings. The summed E-state index contributed by atoms with van der Waals surface area (Å²) in [6.07, 6.45) is -12.6. The highest BCUT2D eigenvalue weighted by molar-refractivity contribution is 5.87. The Kier molecular flexibility index (Phi) is 16.4. The summed E-state index contributed by atoms with van der Waals surface area (Å²) in [5, 5.41) is 90.7. The molecule has 0 bridgehead atoms. The van der Waals surface area contributed by atoms with Crippen LogP contribution in [0.15, 0.2) is 48.6 Å². The number of hydrogen-bond donors (Lipinski definition) is 9. The third kappa shape index (κ3) is 12.1. The number of aliphatic hydroxyl groups excluding tert-OH is 7. The van der Waals surface area contributed by atoms with Crippen molar-refractivity contribution >= 4 is 30.1 Å². The lowest BCUT2D eigenvalue weighted by molar-refractivity contribution is -0.325. The van der Waals surface area contributed by atoms with Crippen LogP contribution >= 0.6 is 0 Å². The summed E-state index contributed by atoms with van der Waals surface area (Å²) in [4.78, 5) is 37.0. The Balaban J connectivity index is 1.36. The standard InChI is InChI=1S/C38H48O20/c1-38(15-26(41)42,58-37-34(50)32(48)30(46)25(56-37)18-54-27(43)11-8-19-6-9-21(40)10-7-19)16-28(44)53-12-4-5-20-13-22(51-2)35(23(14-20)52-3)57-36-33(49)31(47)29(45)24(17-39)55-36/h4-11,13-14,24-25,29-34,36-37,39-40,45-50H,12,15-18H2,1-3H3,(H,41,42)/b5-4+,11-8-/t24-,25-,29-,30-,31+,32+,33-,34-,36+,37+,38?/m1/s1. The zero-order valence-electron chi connectivity index (χ0n) is 31.6. The van der Waals surface area contributed by atoms with Gasteiger partial charge < -0.3 is 83.9 Å². The van der Waals surface area contributed by atoms with Gasteiger partial charge in [-0.05, 0) is 54.5 Å². The summed E-state index contributed by atoms with van der Waals surface area (Å²) >= 11 is 0. The van der Waals surface area contributed by atoms with Gasteiger partial charge in [0, 0.05) is 6.08 Å². The molecule has 320 valence electrons. The van der Waals surface area contributed by atoms with Crippen LogP contribution in [0.2, 0.25) is 0 Å². The quantitative estimate of drug-likeness (QED) is 0.0633. The third-order valence-corrected chi connectivity index (χ3v) is 9.02. The van der Waals surface area contributed by atoms with Crippen LogP contribution in [-0.4, -0.2) is 165 Å². The number of ether oxygens (including phenoxy) is 8. The normalized spacial score (nSPS) is 28.4. The maximum absolute atomic E-state index is 12.9. The summed E-state index contributed by atoms with van der Waals surface area (Å²) in [7, 11) is 2.63. The van der Waals surface area contributed by atoms with Crippen molar-refractivity contribution in [3.8, 4) is 23.0 Å². The Morgan fingerprint density at radius 1 is 0.759 bits per heavy atom. The molecule has 20 nitrogen and oxygen atoms in total. The Hall–Kier alpha value is -4.87.